The molecule has 3 rings (SSSR count). The number of aryl methyl sites for hydroxylation is 4. The van der Waals surface area contributed by atoms with Crippen molar-refractivity contribution in [1.29, 1.82) is 0 Å². The van der Waals surface area contributed by atoms with E-state index in [1.165, 1.54) is 18.1 Å². The van der Waals surface area contributed by atoms with E-state index in [4.69, 9.17) is 8.92 Å². The third-order valence-electron chi connectivity index (χ3n) is 7.68. The molecular formula is C39H60O9S3. The molecule has 0 saturated carbocycles. The van der Waals surface area contributed by atoms with Crippen LogP contribution in [0.4, 0.5) is 0 Å². The van der Waals surface area contributed by atoms with Crippen molar-refractivity contribution in [2.45, 2.75) is 118 Å². The van der Waals surface area contributed by atoms with Crippen LogP contribution in [-0.2, 0) is 41.3 Å². The molecule has 0 spiro atoms. The fourth-order valence-electron chi connectivity index (χ4n) is 5.21. The van der Waals surface area contributed by atoms with Gasteiger partial charge in [-0.2, -0.15) is 8.42 Å². The second-order valence-electron chi connectivity index (χ2n) is 14.7. The van der Waals surface area contributed by atoms with Crippen LogP contribution in [0.3, 0.4) is 0 Å². The second-order valence-corrected chi connectivity index (χ2v) is 20.6. The van der Waals surface area contributed by atoms with E-state index in [9.17, 15) is 30.4 Å². The summed E-state index contributed by atoms with van der Waals surface area (Å²) in [5, 5.41) is 9.80. The lowest BCUT2D eigenvalue weighted by molar-refractivity contribution is 0.239. The molecule has 0 unspecified atom stereocenters. The topological polar surface area (TPSA) is 141 Å². The Balaban J connectivity index is 0.000000385. The molecule has 1 N–H and O–H groups in total. The number of benzene rings is 3. The zero-order chi connectivity index (χ0) is 39.8. The molecule has 9 nitrogen and oxygen atoms in total. The molecule has 0 radical (unpaired) electrons. The summed E-state index contributed by atoms with van der Waals surface area (Å²) in [6, 6.07) is 11.6. The highest BCUT2D eigenvalue weighted by atomic mass is 32.2. The van der Waals surface area contributed by atoms with E-state index in [0.717, 1.165) is 45.2 Å². The molecule has 0 aliphatic rings. The van der Waals surface area contributed by atoms with Crippen molar-refractivity contribution in [3.8, 4) is 17.2 Å². The summed E-state index contributed by atoms with van der Waals surface area (Å²) >= 11 is 0. The SMILES string of the molecule is Cc1cc(C(C)C)cc(C)c1OS(C)(=O)=O.Cc1cc(C(C)C)cc(CS(C)(=O)=O)c1O.Cc1cc(C(C)C)cc(CS(C)(=O)=O)c1OC(C)C. The monoisotopic (exact) mass is 768 g/mol. The maximum Gasteiger partial charge on any atom is 0.306 e. The van der Waals surface area contributed by atoms with Crippen LogP contribution in [0.25, 0.3) is 0 Å². The molecular weight excluding hydrogens is 709 g/mol. The van der Waals surface area contributed by atoms with Gasteiger partial charge in [-0.25, -0.2) is 16.8 Å². The second kappa shape index (κ2) is 18.6. The standard InChI is InChI=1S/C15H24O3S.2C12H18O3S/c1-10(2)13-7-12(5)15(18-11(3)4)14(8-13)9-19(6,16)17;1-8(2)11-6-9(3)12(10(4)7-11)15-16(5,13)14;1-8(2)10-5-9(3)12(13)11(6-10)7-16(4,14)15/h7-8,10-11H,9H2,1-6H3;6-8H,1-5H3;5-6,8,13H,7H2,1-4H3. The normalized spacial score (nSPS) is 12.1. The smallest absolute Gasteiger partial charge is 0.306 e. The molecule has 3 aromatic carbocycles. The van der Waals surface area contributed by atoms with Gasteiger partial charge in [-0.1, -0.05) is 77.9 Å². The van der Waals surface area contributed by atoms with Crippen LogP contribution in [0.5, 0.6) is 17.2 Å². The molecule has 0 aliphatic carbocycles. The quantitative estimate of drug-likeness (QED) is 0.190. The number of rotatable bonds is 11. The zero-order valence-electron chi connectivity index (χ0n) is 33.1. The lowest BCUT2D eigenvalue weighted by Crippen LogP contribution is -2.11. The highest BCUT2D eigenvalue weighted by Crippen LogP contribution is 2.32. The van der Waals surface area contributed by atoms with Gasteiger partial charge in [-0.3, -0.25) is 0 Å². The molecule has 12 heteroatoms. The Morgan fingerprint density at radius 3 is 1.22 bits per heavy atom. The minimum absolute atomic E-state index is 0.0243. The van der Waals surface area contributed by atoms with Crippen molar-refractivity contribution in [3.05, 3.63) is 86.5 Å². The van der Waals surface area contributed by atoms with Crippen molar-refractivity contribution < 1.29 is 39.3 Å². The van der Waals surface area contributed by atoms with Crippen LogP contribution in [0.2, 0.25) is 0 Å². The zero-order valence-corrected chi connectivity index (χ0v) is 35.6. The maximum absolute atomic E-state index is 11.6. The summed E-state index contributed by atoms with van der Waals surface area (Å²) in [6.07, 6.45) is 3.51. The Hall–Kier alpha value is -3.09. The highest BCUT2D eigenvalue weighted by Gasteiger charge is 2.17. The van der Waals surface area contributed by atoms with E-state index >= 15 is 0 Å². The summed E-state index contributed by atoms with van der Waals surface area (Å²) in [5.74, 6) is 2.27. The first-order valence-electron chi connectivity index (χ1n) is 17.0. The third-order valence-corrected chi connectivity index (χ3v) is 9.82. The van der Waals surface area contributed by atoms with Gasteiger partial charge in [-0.15, -0.1) is 0 Å². The first kappa shape index (κ1) is 45.9. The fraction of sp³-hybridized carbons (Fsp3) is 0.538. The van der Waals surface area contributed by atoms with Gasteiger partial charge < -0.3 is 14.0 Å². The number of ether oxygens (including phenoxy) is 1. The molecule has 288 valence electrons. The molecule has 0 heterocycles. The van der Waals surface area contributed by atoms with E-state index in [1.807, 2.05) is 72.7 Å². The molecule has 0 saturated heterocycles. The predicted molar refractivity (Wildman–Crippen MR) is 211 cm³/mol. The summed E-state index contributed by atoms with van der Waals surface area (Å²) in [6.45, 7) is 23.8. The summed E-state index contributed by atoms with van der Waals surface area (Å²) in [7, 11) is -9.65. The molecule has 0 aliphatic heterocycles. The highest BCUT2D eigenvalue weighted by molar-refractivity contribution is 7.90. The van der Waals surface area contributed by atoms with E-state index in [2.05, 4.69) is 33.8 Å². The number of phenolic OH excluding ortho intramolecular Hbond substituents is 1. The van der Waals surface area contributed by atoms with E-state index in [0.29, 0.717) is 34.8 Å². The lowest BCUT2D eigenvalue weighted by Gasteiger charge is -2.19. The van der Waals surface area contributed by atoms with Crippen LogP contribution < -0.4 is 8.92 Å². The van der Waals surface area contributed by atoms with Gasteiger partial charge in [0.15, 0.2) is 19.7 Å². The van der Waals surface area contributed by atoms with Gasteiger partial charge in [0.2, 0.25) is 0 Å². The number of phenols is 1. The van der Waals surface area contributed by atoms with E-state index in [-0.39, 0.29) is 23.4 Å². The minimum atomic E-state index is -3.46. The Bertz CT molecular complexity index is 1950. The first-order valence-corrected chi connectivity index (χ1v) is 22.9. The molecule has 3 aromatic rings. The average molecular weight is 769 g/mol. The Labute approximate surface area is 308 Å². The van der Waals surface area contributed by atoms with Crippen molar-refractivity contribution in [1.82, 2.24) is 0 Å². The lowest BCUT2D eigenvalue weighted by atomic mass is 9.97. The predicted octanol–water partition coefficient (Wildman–Crippen LogP) is 8.58. The van der Waals surface area contributed by atoms with E-state index in [1.54, 1.807) is 13.0 Å². The van der Waals surface area contributed by atoms with Crippen molar-refractivity contribution >= 4 is 29.8 Å². The Kier molecular flexibility index (Phi) is 16.8. The number of hydrogen-bond acceptors (Lipinski definition) is 9. The van der Waals surface area contributed by atoms with Crippen molar-refractivity contribution in [2.75, 3.05) is 18.8 Å². The largest absolute Gasteiger partial charge is 0.507 e. The third kappa shape index (κ3) is 16.4. The van der Waals surface area contributed by atoms with Gasteiger partial charge in [-0.05, 0) is 98.2 Å². The maximum atomic E-state index is 11.6. The molecule has 51 heavy (non-hydrogen) atoms. The van der Waals surface area contributed by atoms with Gasteiger partial charge in [0.05, 0.1) is 23.9 Å². The molecule has 0 amide bonds. The van der Waals surface area contributed by atoms with Crippen LogP contribution in [-0.4, -0.2) is 55.2 Å². The van der Waals surface area contributed by atoms with Crippen LogP contribution in [0.1, 0.15) is 123 Å². The van der Waals surface area contributed by atoms with Crippen LogP contribution in [0, 0.1) is 27.7 Å². The van der Waals surface area contributed by atoms with Crippen molar-refractivity contribution in [3.63, 3.8) is 0 Å². The molecule has 0 aromatic heterocycles. The van der Waals surface area contributed by atoms with Gasteiger partial charge in [0.1, 0.15) is 17.2 Å². The number of aromatic hydroxyl groups is 1. The Morgan fingerprint density at radius 2 is 0.863 bits per heavy atom. The summed E-state index contributed by atoms with van der Waals surface area (Å²) in [5.41, 5.74) is 8.08. The average Bonchev–Trinajstić information content (AvgIpc) is 2.93. The van der Waals surface area contributed by atoms with Gasteiger partial charge in [0.25, 0.3) is 0 Å². The summed E-state index contributed by atoms with van der Waals surface area (Å²) < 4.78 is 78.6. The molecule has 0 bridgehead atoms. The van der Waals surface area contributed by atoms with Gasteiger partial charge in [0, 0.05) is 23.6 Å². The van der Waals surface area contributed by atoms with Gasteiger partial charge >= 0.3 is 10.1 Å². The molecule has 0 atom stereocenters. The van der Waals surface area contributed by atoms with E-state index < -0.39 is 29.8 Å². The fourth-order valence-corrected chi connectivity index (χ4v) is 7.34. The Morgan fingerprint density at radius 1 is 0.529 bits per heavy atom. The van der Waals surface area contributed by atoms with Crippen molar-refractivity contribution in [2.24, 2.45) is 0 Å². The van der Waals surface area contributed by atoms with Crippen LogP contribution in [0.15, 0.2) is 36.4 Å². The van der Waals surface area contributed by atoms with Crippen LogP contribution >= 0.6 is 0 Å². The summed E-state index contributed by atoms with van der Waals surface area (Å²) in [4.78, 5) is 0. The first-order chi connectivity index (χ1) is 23.0. The molecule has 0 fully saturated rings. The number of sulfone groups is 2. The number of hydrogen-bond donors (Lipinski definition) is 1. The minimum Gasteiger partial charge on any atom is -0.507 e.